The van der Waals surface area contributed by atoms with Gasteiger partial charge in [0, 0.05) is 0 Å². The Morgan fingerprint density at radius 3 is 2.46 bits per heavy atom. The third-order valence-corrected chi connectivity index (χ3v) is 2.20. The van der Waals surface area contributed by atoms with Crippen LogP contribution in [-0.4, -0.2) is 24.3 Å². The number of carbonyl (C=O) groups is 1. The van der Waals surface area contributed by atoms with Crippen molar-refractivity contribution in [3.63, 3.8) is 0 Å². The molecule has 13 heavy (non-hydrogen) atoms. The van der Waals surface area contributed by atoms with Crippen molar-refractivity contribution in [2.75, 3.05) is 7.11 Å². The molecule has 3 nitrogen and oxygen atoms in total. The van der Waals surface area contributed by atoms with Crippen LogP contribution in [0, 0.1) is 5.92 Å². The van der Waals surface area contributed by atoms with Crippen LogP contribution in [0.4, 0.5) is 0 Å². The fourth-order valence-corrected chi connectivity index (χ4v) is 1.32. The molecule has 0 aliphatic heterocycles. The minimum absolute atomic E-state index is 0.300. The second kappa shape index (κ2) is 6.89. The van der Waals surface area contributed by atoms with Crippen LogP contribution in [0.25, 0.3) is 0 Å². The molecule has 1 N–H and O–H groups in total. The van der Waals surface area contributed by atoms with E-state index in [2.05, 4.69) is 11.7 Å². The Labute approximate surface area is 80.1 Å². The highest BCUT2D eigenvalue weighted by Crippen LogP contribution is 2.15. The van der Waals surface area contributed by atoms with Gasteiger partial charge in [0.05, 0.1) is 19.1 Å². The topological polar surface area (TPSA) is 46.5 Å². The number of rotatable bonds is 6. The normalized spacial score (nSPS) is 15.1. The van der Waals surface area contributed by atoms with Gasteiger partial charge in [-0.1, -0.05) is 26.2 Å². The molecule has 0 bridgehead atoms. The van der Waals surface area contributed by atoms with E-state index in [4.69, 9.17) is 0 Å². The van der Waals surface area contributed by atoms with Crippen LogP contribution in [0.5, 0.6) is 0 Å². The summed E-state index contributed by atoms with van der Waals surface area (Å²) in [5.74, 6) is -0.650. The highest BCUT2D eigenvalue weighted by atomic mass is 16.5. The second-order valence-electron chi connectivity index (χ2n) is 3.37. The summed E-state index contributed by atoms with van der Waals surface area (Å²) in [6, 6.07) is 0. The van der Waals surface area contributed by atoms with E-state index in [1.165, 1.54) is 7.11 Å². The van der Waals surface area contributed by atoms with Gasteiger partial charge in [-0.15, -0.1) is 0 Å². The van der Waals surface area contributed by atoms with E-state index in [9.17, 15) is 9.90 Å². The van der Waals surface area contributed by atoms with Gasteiger partial charge in [-0.05, 0) is 13.3 Å². The average Bonchev–Trinajstić information content (AvgIpc) is 2.11. The maximum Gasteiger partial charge on any atom is 0.311 e. The van der Waals surface area contributed by atoms with Gasteiger partial charge in [0.1, 0.15) is 0 Å². The number of aliphatic hydroxyl groups excluding tert-OH is 1. The van der Waals surface area contributed by atoms with Gasteiger partial charge >= 0.3 is 5.97 Å². The Balaban J connectivity index is 3.88. The summed E-state index contributed by atoms with van der Waals surface area (Å²) in [6.07, 6.45) is 3.30. The first-order valence-electron chi connectivity index (χ1n) is 4.89. The lowest BCUT2D eigenvalue weighted by Gasteiger charge is -2.16. The van der Waals surface area contributed by atoms with Crippen LogP contribution >= 0.6 is 0 Å². The van der Waals surface area contributed by atoms with Crippen LogP contribution in [0.3, 0.4) is 0 Å². The average molecular weight is 188 g/mol. The summed E-state index contributed by atoms with van der Waals surface area (Å²) >= 11 is 0. The summed E-state index contributed by atoms with van der Waals surface area (Å²) in [4.78, 5) is 11.2. The van der Waals surface area contributed by atoms with E-state index in [0.717, 1.165) is 25.7 Å². The first-order valence-corrected chi connectivity index (χ1v) is 4.89. The molecular weight excluding hydrogens is 168 g/mol. The number of unbranched alkanes of at least 4 members (excludes halogenated alkanes) is 2. The number of methoxy groups -OCH3 is 1. The minimum Gasteiger partial charge on any atom is -0.469 e. The van der Waals surface area contributed by atoms with Crippen LogP contribution in [0.2, 0.25) is 0 Å². The van der Waals surface area contributed by atoms with Gasteiger partial charge in [-0.2, -0.15) is 0 Å². The van der Waals surface area contributed by atoms with Crippen molar-refractivity contribution in [2.45, 2.75) is 45.6 Å². The molecule has 2 atom stereocenters. The molecule has 0 saturated heterocycles. The summed E-state index contributed by atoms with van der Waals surface area (Å²) < 4.78 is 4.61. The Morgan fingerprint density at radius 1 is 1.46 bits per heavy atom. The second-order valence-corrected chi connectivity index (χ2v) is 3.37. The van der Waals surface area contributed by atoms with Crippen molar-refractivity contribution in [2.24, 2.45) is 5.92 Å². The number of esters is 1. The molecule has 0 amide bonds. The molecule has 0 spiro atoms. The van der Waals surface area contributed by atoms with E-state index in [0.29, 0.717) is 0 Å². The fourth-order valence-electron chi connectivity index (χ4n) is 1.32. The Bertz CT molecular complexity index is 143. The predicted molar refractivity (Wildman–Crippen MR) is 51.3 cm³/mol. The molecule has 2 unspecified atom stereocenters. The minimum atomic E-state index is -0.607. The van der Waals surface area contributed by atoms with Crippen molar-refractivity contribution in [3.8, 4) is 0 Å². The lowest BCUT2D eigenvalue weighted by atomic mass is 9.96. The van der Waals surface area contributed by atoms with Crippen molar-refractivity contribution in [1.82, 2.24) is 0 Å². The third-order valence-electron chi connectivity index (χ3n) is 2.20. The lowest BCUT2D eigenvalue weighted by molar-refractivity contribution is -0.149. The van der Waals surface area contributed by atoms with Gasteiger partial charge < -0.3 is 9.84 Å². The zero-order chi connectivity index (χ0) is 10.3. The van der Waals surface area contributed by atoms with Crippen LogP contribution in [0.1, 0.15) is 39.5 Å². The number of hydrogen-bond donors (Lipinski definition) is 1. The highest BCUT2D eigenvalue weighted by molar-refractivity contribution is 5.72. The van der Waals surface area contributed by atoms with Crippen molar-refractivity contribution in [1.29, 1.82) is 0 Å². The van der Waals surface area contributed by atoms with Gasteiger partial charge in [0.2, 0.25) is 0 Å². The van der Waals surface area contributed by atoms with Crippen LogP contribution in [0.15, 0.2) is 0 Å². The zero-order valence-electron chi connectivity index (χ0n) is 8.75. The lowest BCUT2D eigenvalue weighted by Crippen LogP contribution is -2.26. The molecule has 0 heterocycles. The number of aliphatic hydroxyl groups is 1. The van der Waals surface area contributed by atoms with Crippen molar-refractivity contribution < 1.29 is 14.6 Å². The van der Waals surface area contributed by atoms with Gasteiger partial charge in [0.15, 0.2) is 0 Å². The van der Waals surface area contributed by atoms with E-state index < -0.39 is 6.10 Å². The Hall–Kier alpha value is -0.570. The quantitative estimate of drug-likeness (QED) is 0.510. The first-order chi connectivity index (χ1) is 6.13. The van der Waals surface area contributed by atoms with E-state index in [1.54, 1.807) is 6.92 Å². The maximum atomic E-state index is 11.2. The number of ether oxygens (including phenoxy) is 1. The molecule has 78 valence electrons. The van der Waals surface area contributed by atoms with E-state index in [1.807, 2.05) is 0 Å². The molecule has 0 aromatic heterocycles. The molecule has 0 aromatic rings. The molecule has 0 aliphatic rings. The van der Waals surface area contributed by atoms with Crippen LogP contribution < -0.4 is 0 Å². The van der Waals surface area contributed by atoms with E-state index in [-0.39, 0.29) is 11.9 Å². The highest BCUT2D eigenvalue weighted by Gasteiger charge is 2.23. The molecule has 0 fully saturated rings. The maximum absolute atomic E-state index is 11.2. The summed E-state index contributed by atoms with van der Waals surface area (Å²) in [5, 5.41) is 9.31. The monoisotopic (exact) mass is 188 g/mol. The van der Waals surface area contributed by atoms with Crippen molar-refractivity contribution >= 4 is 5.97 Å². The van der Waals surface area contributed by atoms with Crippen molar-refractivity contribution in [3.05, 3.63) is 0 Å². The molecule has 3 heteroatoms. The molecule has 0 aliphatic carbocycles. The zero-order valence-corrected chi connectivity index (χ0v) is 8.75. The van der Waals surface area contributed by atoms with E-state index >= 15 is 0 Å². The predicted octanol–water partition coefficient (Wildman–Crippen LogP) is 1.74. The third kappa shape index (κ3) is 4.88. The molecule has 0 radical (unpaired) electrons. The molecule has 0 rings (SSSR count). The molecular formula is C10H20O3. The van der Waals surface area contributed by atoms with Gasteiger partial charge in [0.25, 0.3) is 0 Å². The summed E-state index contributed by atoms with van der Waals surface area (Å²) in [5.41, 5.74) is 0. The first kappa shape index (κ1) is 12.4. The SMILES string of the molecule is CCCCCC(C(=O)OC)C(C)O. The van der Waals surface area contributed by atoms with Gasteiger partial charge in [-0.3, -0.25) is 4.79 Å². The molecule has 0 aromatic carbocycles. The molecule has 0 saturated carbocycles. The summed E-state index contributed by atoms with van der Waals surface area (Å²) in [7, 11) is 1.36. The Kier molecular flexibility index (Phi) is 6.59. The number of carbonyl (C=O) groups excluding carboxylic acids is 1. The number of hydrogen-bond acceptors (Lipinski definition) is 3. The Morgan fingerprint density at radius 2 is 2.08 bits per heavy atom. The van der Waals surface area contributed by atoms with Crippen LogP contribution in [-0.2, 0) is 9.53 Å². The smallest absolute Gasteiger partial charge is 0.311 e. The fraction of sp³-hybridized carbons (Fsp3) is 0.900. The standard InChI is InChI=1S/C10H20O3/c1-4-5-6-7-9(8(2)11)10(12)13-3/h8-9,11H,4-7H2,1-3H3. The largest absolute Gasteiger partial charge is 0.469 e. The van der Waals surface area contributed by atoms with Gasteiger partial charge in [-0.25, -0.2) is 0 Å². The summed E-state index contributed by atoms with van der Waals surface area (Å²) in [6.45, 7) is 3.74.